The first-order valence-corrected chi connectivity index (χ1v) is 13.7. The number of benzene rings is 2. The van der Waals surface area contributed by atoms with Gasteiger partial charge in [-0.05, 0) is 0 Å². The van der Waals surface area contributed by atoms with E-state index in [0.717, 1.165) is 0 Å². The quantitative estimate of drug-likeness (QED) is 0.660. The molecular formula is C22H29Cl2NZr. The van der Waals surface area contributed by atoms with Gasteiger partial charge in [-0.3, -0.25) is 0 Å². The van der Waals surface area contributed by atoms with E-state index in [1.165, 1.54) is 26.5 Å². The first-order valence-electron chi connectivity index (χ1n) is 8.61. The SMILES string of the molecule is CC1=C(C)C(C)(C)[C]([Zr]([NH2])([c]2ccccc2)[c]2ccccc2)=C1C.Cl.Cl. The topological polar surface area (TPSA) is 26.0 Å². The van der Waals surface area contributed by atoms with E-state index in [9.17, 15) is 0 Å². The summed E-state index contributed by atoms with van der Waals surface area (Å²) in [4.78, 5) is 0. The average Bonchev–Trinajstić information content (AvgIpc) is 2.76. The molecular weight excluding hydrogens is 440 g/mol. The monoisotopic (exact) mass is 467 g/mol. The van der Waals surface area contributed by atoms with Gasteiger partial charge in [-0.15, -0.1) is 24.8 Å². The first-order chi connectivity index (χ1) is 11.3. The van der Waals surface area contributed by atoms with Gasteiger partial charge in [0.15, 0.2) is 0 Å². The van der Waals surface area contributed by atoms with E-state index in [1.807, 2.05) is 0 Å². The van der Waals surface area contributed by atoms with Crippen molar-refractivity contribution in [3.8, 4) is 0 Å². The molecule has 3 rings (SSSR count). The van der Waals surface area contributed by atoms with Gasteiger partial charge in [0.1, 0.15) is 0 Å². The van der Waals surface area contributed by atoms with Crippen LogP contribution in [0.1, 0.15) is 34.6 Å². The van der Waals surface area contributed by atoms with Crippen molar-refractivity contribution in [1.29, 1.82) is 0 Å². The molecule has 1 aliphatic rings. The second-order valence-corrected chi connectivity index (χ2v) is 15.5. The number of nitrogens with two attached hydrogens (primary N) is 1. The maximum Gasteiger partial charge on any atom is -0.147 e. The molecule has 140 valence electrons. The van der Waals surface area contributed by atoms with E-state index in [1.54, 1.807) is 0 Å². The molecule has 0 unspecified atom stereocenters. The van der Waals surface area contributed by atoms with Crippen LogP contribution in [0.15, 0.2) is 80.7 Å². The van der Waals surface area contributed by atoms with Gasteiger partial charge in [0.05, 0.1) is 0 Å². The summed E-state index contributed by atoms with van der Waals surface area (Å²) >= 11 is -3.48. The summed E-state index contributed by atoms with van der Waals surface area (Å²) in [6.45, 7) is 11.5. The zero-order valence-electron chi connectivity index (χ0n) is 16.2. The van der Waals surface area contributed by atoms with Crippen LogP contribution < -0.4 is 10.2 Å². The first kappa shape index (κ1) is 23.4. The minimum absolute atomic E-state index is 0. The predicted molar refractivity (Wildman–Crippen MR) is 116 cm³/mol. The zero-order chi connectivity index (χ0) is 17.5. The maximum absolute atomic E-state index is 7.46. The Morgan fingerprint density at radius 2 is 1.08 bits per heavy atom. The Bertz CT molecular complexity index is 784. The molecule has 1 nitrogen and oxygen atoms in total. The normalized spacial score (nSPS) is 16.2. The maximum atomic E-state index is 7.46. The smallest absolute Gasteiger partial charge is 0.147 e. The summed E-state index contributed by atoms with van der Waals surface area (Å²) < 4.78 is 11.7. The van der Waals surface area contributed by atoms with Gasteiger partial charge in [0, 0.05) is 0 Å². The molecule has 0 saturated carbocycles. The van der Waals surface area contributed by atoms with Crippen molar-refractivity contribution in [1.82, 2.24) is 0 Å². The molecule has 0 atom stereocenters. The van der Waals surface area contributed by atoms with E-state index in [2.05, 4.69) is 95.3 Å². The molecule has 0 heterocycles. The fourth-order valence-corrected chi connectivity index (χ4v) is 14.8. The molecule has 0 bridgehead atoms. The van der Waals surface area contributed by atoms with Crippen LogP contribution in [0.25, 0.3) is 0 Å². The van der Waals surface area contributed by atoms with Gasteiger partial charge in [0.2, 0.25) is 0 Å². The Hall–Kier alpha value is -0.657. The second-order valence-electron chi connectivity index (χ2n) is 7.42. The fourth-order valence-electron chi connectivity index (χ4n) is 4.24. The van der Waals surface area contributed by atoms with Crippen molar-refractivity contribution in [3.63, 3.8) is 0 Å². The second kappa shape index (κ2) is 8.57. The van der Waals surface area contributed by atoms with Gasteiger partial charge in [0.25, 0.3) is 0 Å². The number of rotatable bonds is 3. The largest absolute Gasteiger partial charge is 0.147 e. The van der Waals surface area contributed by atoms with Crippen molar-refractivity contribution in [2.45, 2.75) is 34.6 Å². The van der Waals surface area contributed by atoms with Crippen molar-refractivity contribution in [3.05, 3.63) is 80.7 Å². The third-order valence-electron chi connectivity index (χ3n) is 5.92. The summed E-state index contributed by atoms with van der Waals surface area (Å²) in [5.74, 6) is 0. The molecule has 0 fully saturated rings. The number of hydrogen-bond donors (Lipinski definition) is 1. The Kier molecular flexibility index (Phi) is 7.71. The summed E-state index contributed by atoms with van der Waals surface area (Å²) in [5.41, 5.74) is 4.34. The van der Waals surface area contributed by atoms with Gasteiger partial charge < -0.3 is 0 Å². The van der Waals surface area contributed by atoms with E-state index in [0.29, 0.717) is 0 Å². The molecule has 0 saturated heterocycles. The average molecular weight is 470 g/mol. The van der Waals surface area contributed by atoms with Crippen LogP contribution in [0.3, 0.4) is 0 Å². The Balaban J connectivity index is 0.00000169. The minimum atomic E-state index is -3.48. The molecule has 2 N–H and O–H groups in total. The van der Waals surface area contributed by atoms with Gasteiger partial charge in [-0.2, -0.15) is 0 Å². The summed E-state index contributed by atoms with van der Waals surface area (Å²) in [7, 11) is 0. The molecule has 26 heavy (non-hydrogen) atoms. The third-order valence-corrected chi connectivity index (χ3v) is 16.4. The van der Waals surface area contributed by atoms with Gasteiger partial charge in [-0.25, -0.2) is 0 Å². The van der Waals surface area contributed by atoms with Gasteiger partial charge in [-0.1, -0.05) is 0 Å². The molecule has 0 radical (unpaired) electrons. The minimum Gasteiger partial charge on any atom is -0.147 e. The van der Waals surface area contributed by atoms with Crippen LogP contribution in [0.2, 0.25) is 0 Å². The van der Waals surface area contributed by atoms with Crippen molar-refractivity contribution >= 4 is 31.4 Å². The van der Waals surface area contributed by atoms with Gasteiger partial charge >= 0.3 is 151 Å². The molecule has 4 heteroatoms. The molecule has 2 aromatic rings. The van der Waals surface area contributed by atoms with Crippen LogP contribution >= 0.6 is 24.8 Å². The Morgan fingerprint density at radius 1 is 0.692 bits per heavy atom. The summed E-state index contributed by atoms with van der Waals surface area (Å²) in [5, 5.41) is 0. The fraction of sp³-hybridized carbons (Fsp3) is 0.273. The summed E-state index contributed by atoms with van der Waals surface area (Å²) in [6.07, 6.45) is 0. The number of halogens is 2. The molecule has 0 amide bonds. The van der Waals surface area contributed by atoms with Crippen LogP contribution in [-0.4, -0.2) is 0 Å². The van der Waals surface area contributed by atoms with E-state index >= 15 is 0 Å². The van der Waals surface area contributed by atoms with Crippen molar-refractivity contribution in [2.75, 3.05) is 0 Å². The molecule has 0 aliphatic heterocycles. The zero-order valence-corrected chi connectivity index (χ0v) is 20.3. The molecule has 0 aromatic heterocycles. The Labute approximate surface area is 175 Å². The van der Waals surface area contributed by atoms with Crippen LogP contribution in [-0.2, 0) is 20.6 Å². The van der Waals surface area contributed by atoms with E-state index < -0.39 is 20.6 Å². The van der Waals surface area contributed by atoms with Crippen LogP contribution in [0.5, 0.6) is 0 Å². The molecule has 0 spiro atoms. The van der Waals surface area contributed by atoms with E-state index in [-0.39, 0.29) is 30.2 Å². The number of allylic oxidation sites excluding steroid dienone is 4. The molecule has 2 aromatic carbocycles. The standard InChI is InChI=1S/C10H15.2C6H5.2ClH.H2N.Zr/c1-7-6-10(4,5)9(3)8(7)2;2*1-2-4-6-5-3-1;;;;/h1-5H3;2*1-5H;2*1H;1H2;/q;;;;;-1;+1. The van der Waals surface area contributed by atoms with Crippen LogP contribution in [0, 0.1) is 5.41 Å². The van der Waals surface area contributed by atoms with Crippen LogP contribution in [0.4, 0.5) is 0 Å². The Morgan fingerprint density at radius 3 is 1.38 bits per heavy atom. The number of hydrogen-bond acceptors (Lipinski definition) is 1. The predicted octanol–water partition coefficient (Wildman–Crippen LogP) is 5.16. The summed E-state index contributed by atoms with van der Waals surface area (Å²) in [6, 6.07) is 21.6. The van der Waals surface area contributed by atoms with Crippen molar-refractivity contribution < 1.29 is 20.6 Å². The van der Waals surface area contributed by atoms with E-state index in [4.69, 9.17) is 3.68 Å². The molecule has 1 aliphatic carbocycles. The van der Waals surface area contributed by atoms with Crippen molar-refractivity contribution in [2.24, 2.45) is 9.09 Å². The third kappa shape index (κ3) is 3.54.